The molecule has 0 saturated heterocycles. The van der Waals surface area contributed by atoms with Crippen LogP contribution in [0.5, 0.6) is 11.8 Å². The van der Waals surface area contributed by atoms with Crippen molar-refractivity contribution in [2.45, 2.75) is 224 Å². The molecule has 39 heteroatoms. The first-order chi connectivity index (χ1) is 58.6. The van der Waals surface area contributed by atoms with E-state index in [2.05, 4.69) is 109 Å². The number of anilines is 7. The van der Waals surface area contributed by atoms with Gasteiger partial charge in [-0.3, -0.25) is 9.97 Å². The Hall–Kier alpha value is -12.1. The lowest BCUT2D eigenvalue weighted by molar-refractivity contribution is -0.140. The van der Waals surface area contributed by atoms with Gasteiger partial charge in [-0.2, -0.15) is 57.1 Å². The molecule has 0 aliphatic heterocycles. The van der Waals surface area contributed by atoms with Gasteiger partial charge in [-0.25, -0.2) is 56.8 Å². The molecule has 8 aromatic heterocycles. The fourth-order valence-electron chi connectivity index (χ4n) is 13.8. The summed E-state index contributed by atoms with van der Waals surface area (Å²) in [6, 6.07) is 23.8. The summed E-state index contributed by atoms with van der Waals surface area (Å²) in [5, 5.41) is 89.7. The summed E-state index contributed by atoms with van der Waals surface area (Å²) in [6.45, 7) is 12.0. The summed E-state index contributed by atoms with van der Waals surface area (Å²) in [7, 11) is 0. The van der Waals surface area contributed by atoms with Crippen molar-refractivity contribution in [3.05, 3.63) is 184 Å². The van der Waals surface area contributed by atoms with Crippen molar-refractivity contribution in [1.82, 2.24) is 59.8 Å². The van der Waals surface area contributed by atoms with Crippen LogP contribution in [0.3, 0.4) is 0 Å². The summed E-state index contributed by atoms with van der Waals surface area (Å²) >= 11 is 0. The minimum Gasteiger partial charge on any atom is -0.477 e. The molecule has 0 bridgehead atoms. The van der Waals surface area contributed by atoms with Crippen LogP contribution < -0.4 is 46.7 Å². The van der Waals surface area contributed by atoms with Crippen molar-refractivity contribution in [1.29, 1.82) is 15.8 Å². The Morgan fingerprint density at radius 2 is 1.00 bits per heavy atom. The Bertz CT molecular complexity index is 5190. The minimum atomic E-state index is -4.70. The minimum absolute atomic E-state index is 0.0276. The van der Waals surface area contributed by atoms with E-state index in [-0.39, 0.29) is 95.7 Å². The van der Waals surface area contributed by atoms with Crippen LogP contribution in [0.2, 0.25) is 0 Å². The highest BCUT2D eigenvalue weighted by Crippen LogP contribution is 2.45. The van der Waals surface area contributed by atoms with Crippen LogP contribution in [0, 0.1) is 56.6 Å². The molecule has 1 aromatic carbocycles. The molecule has 4 saturated carbocycles. The van der Waals surface area contributed by atoms with Crippen LogP contribution in [0.1, 0.15) is 175 Å². The molecule has 28 nitrogen and oxygen atoms in total. The summed E-state index contributed by atoms with van der Waals surface area (Å²) in [6.07, 6.45) is 7.51. The van der Waals surface area contributed by atoms with Gasteiger partial charge in [0.1, 0.15) is 75.4 Å². The predicted molar refractivity (Wildman–Crippen MR) is 437 cm³/mol. The molecule has 8 heterocycles. The van der Waals surface area contributed by atoms with E-state index < -0.39 is 84.5 Å². The fraction of sp³-hybridized carbons (Fsp3) is 0.471. The zero-order valence-corrected chi connectivity index (χ0v) is 69.2. The normalized spacial score (nSPS) is 20.6. The van der Waals surface area contributed by atoms with Crippen molar-refractivity contribution in [3.8, 4) is 41.2 Å². The lowest BCUT2D eigenvalue weighted by atomic mass is 9.64. The molecule has 0 spiro atoms. The van der Waals surface area contributed by atoms with E-state index in [9.17, 15) is 84.5 Å². The van der Waals surface area contributed by atoms with E-state index in [1.807, 2.05) is 45.9 Å². The lowest BCUT2D eigenvalue weighted by Crippen LogP contribution is -2.57. The number of aliphatic hydroxyl groups is 4. The van der Waals surface area contributed by atoms with Crippen molar-refractivity contribution < 1.29 is 78.2 Å². The second-order valence-electron chi connectivity index (χ2n) is 32.4. The Balaban J connectivity index is 0.000000173. The Kier molecular flexibility index (Phi) is 31.1. The fourth-order valence-corrected chi connectivity index (χ4v) is 13.8. The number of nitrogens with zero attached hydrogens (tertiary/aromatic N) is 15. The molecule has 7 atom stereocenters. The number of aliphatic hydroxyl groups excluding tert-OH is 3. The van der Waals surface area contributed by atoms with Crippen LogP contribution in [0.25, 0.3) is 11.3 Å². The van der Waals surface area contributed by atoms with Crippen LogP contribution in [0.15, 0.2) is 123 Å². The van der Waals surface area contributed by atoms with Crippen LogP contribution in [-0.4, -0.2) is 154 Å². The van der Waals surface area contributed by atoms with E-state index in [0.29, 0.717) is 108 Å². The number of nitrogens with one attached hydrogen (secondary N) is 7. The number of rotatable bonds is 28. The first kappa shape index (κ1) is 94.1. The second kappa shape index (κ2) is 40.9. The van der Waals surface area contributed by atoms with Gasteiger partial charge in [-0.1, -0.05) is 52.8 Å². The highest BCUT2D eigenvalue weighted by Gasteiger charge is 2.50. The van der Waals surface area contributed by atoms with Gasteiger partial charge in [-0.05, 0) is 137 Å². The zero-order chi connectivity index (χ0) is 90.0. The van der Waals surface area contributed by atoms with Gasteiger partial charge >= 0.3 is 12.4 Å². The number of hydrogen-bond acceptors (Lipinski definition) is 28. The molecule has 124 heavy (non-hydrogen) atoms. The Labute approximate surface area is 708 Å². The monoisotopic (exact) mass is 1730 g/mol. The first-order valence-electron chi connectivity index (χ1n) is 40.0. The van der Waals surface area contributed by atoms with Gasteiger partial charge in [0.05, 0.1) is 61.2 Å². The SMILES string of the molecule is CC(F)(F)COc1ncccc1CNc1ncc(C#N)c(N[C@@H]2C[C@@H](O)C2(C)C)n1.CC1(C)[C@@H](Nc2nc(NCc3cccnc3OCCC(F)(F)F)ncc2C(F)(F)F)C[C@@H]1O.CC1(O)CCC(Nc2nc(NCc3cccnc3-c3ccc(F)cc3)ncc2C#N)CC1.C[C@@H]1CC[C@H](Nc2nc(CCc3cnccc3C(C)(F)F)ncc2C#N)C[C@H]1O. The van der Waals surface area contributed by atoms with Crippen molar-refractivity contribution in [2.75, 3.05) is 50.4 Å². The third-order valence-corrected chi connectivity index (χ3v) is 21.9. The average molecular weight is 1730 g/mol. The van der Waals surface area contributed by atoms with E-state index in [4.69, 9.17) is 9.47 Å². The first-order valence-corrected chi connectivity index (χ1v) is 40.0. The number of halogens is 11. The van der Waals surface area contributed by atoms with E-state index in [0.717, 1.165) is 56.4 Å². The maximum absolute atomic E-state index is 13.8. The molecule has 4 aliphatic carbocycles. The second-order valence-corrected chi connectivity index (χ2v) is 32.4. The molecular weight excluding hydrogens is 1630 g/mol. The maximum Gasteiger partial charge on any atom is 0.421 e. The highest BCUT2D eigenvalue weighted by atomic mass is 19.4. The number of aromatic nitrogens is 12. The standard InChI is InChI=1S/C24H25FN6O.C21H25F2N5O.C20H23F6N5O2.C20H24F2N6O2/c1-24(32)10-8-20(9-11-24)30-22-18(13-26)15-29-23(31-22)28-14-17-3-2-12-27-21(17)16-4-6-19(25)7-5-16;1-13-3-5-16(9-18(13)29)27-20-15(10-24)12-26-19(28-20)6-4-14-11-25-8-7-17(14)21(2,22)23;1-18(2)13(8-14(18)32)30-15-12(20(24,25)26)10-29-17(31-15)28-9-11-4-3-6-27-16(11)33-7-5-19(21,22)23;1-19(2)14(7-15(19)29)27-16-13(8-23)10-26-18(28-16)25-9-12-5-4-6-24-17(12)30-11-20(3,21)22/h2-7,12,15,20,32H,8-11,14H2,1H3,(H2,28,29,30,31);7-8,11-13,16,18,29H,3-6,9H2,1-2H3,(H,26,27,28);3-4,6,10,13-14,32H,5,7-9H2,1-2H3,(H2,28,29,30,31);4-6,10,14-15,29H,7,9,11H2,1-3H3,(H2,25,26,27,28)/t;13-,16+,18-;13-,14-;14-,15-/m.101/s1. The van der Waals surface area contributed by atoms with Crippen molar-refractivity contribution in [3.63, 3.8) is 0 Å². The van der Waals surface area contributed by atoms with Gasteiger partial charge in [0.15, 0.2) is 6.61 Å². The number of nitriles is 3. The van der Waals surface area contributed by atoms with Crippen LogP contribution >= 0.6 is 0 Å². The average Bonchev–Trinajstić information content (AvgIpc) is 0.769. The summed E-state index contributed by atoms with van der Waals surface area (Å²) in [5.74, 6) is -4.06. The molecule has 13 rings (SSSR count). The summed E-state index contributed by atoms with van der Waals surface area (Å²) in [4.78, 5) is 49.9. The van der Waals surface area contributed by atoms with Crippen molar-refractivity contribution in [2.24, 2.45) is 16.7 Å². The molecule has 4 aliphatic rings. The highest BCUT2D eigenvalue weighted by molar-refractivity contribution is 5.64. The number of pyridine rings is 4. The number of benzene rings is 1. The molecule has 0 radical (unpaired) electrons. The van der Waals surface area contributed by atoms with Crippen LogP contribution in [-0.2, 0) is 44.6 Å². The summed E-state index contributed by atoms with van der Waals surface area (Å²) < 4.78 is 155. The van der Waals surface area contributed by atoms with Gasteiger partial charge in [0.25, 0.3) is 11.8 Å². The third-order valence-electron chi connectivity index (χ3n) is 21.9. The summed E-state index contributed by atoms with van der Waals surface area (Å²) in [5.41, 5.74) is 2.15. The number of ether oxygens (including phenoxy) is 2. The van der Waals surface area contributed by atoms with Gasteiger partial charge in [0, 0.05) is 134 Å². The van der Waals surface area contributed by atoms with Crippen molar-refractivity contribution >= 4 is 41.1 Å². The van der Waals surface area contributed by atoms with E-state index in [1.54, 1.807) is 50.4 Å². The number of hydrogen-bond donors (Lipinski definition) is 11. The molecule has 660 valence electrons. The van der Waals surface area contributed by atoms with Gasteiger partial charge in [0.2, 0.25) is 29.6 Å². The third kappa shape index (κ3) is 26.5. The molecule has 9 aromatic rings. The lowest BCUT2D eigenvalue weighted by Gasteiger charge is -2.49. The number of aryl methyl sites for hydroxylation is 2. The molecule has 4 fully saturated rings. The van der Waals surface area contributed by atoms with Gasteiger partial charge in [-0.15, -0.1) is 0 Å². The smallest absolute Gasteiger partial charge is 0.421 e. The zero-order valence-electron chi connectivity index (χ0n) is 69.2. The molecule has 0 unspecified atom stereocenters. The molecular formula is C85H97F11N22O6. The van der Waals surface area contributed by atoms with E-state index in [1.165, 1.54) is 67.6 Å². The van der Waals surface area contributed by atoms with Crippen LogP contribution in [0.4, 0.5) is 89.4 Å². The molecule has 0 amide bonds. The Morgan fingerprint density at radius 3 is 1.52 bits per heavy atom. The Morgan fingerprint density at radius 1 is 0.508 bits per heavy atom. The predicted octanol–water partition coefficient (Wildman–Crippen LogP) is 15.2. The molecule has 11 N–H and O–H groups in total. The number of alkyl halides is 10. The quantitative estimate of drug-likeness (QED) is 0.0203. The maximum atomic E-state index is 13.8. The van der Waals surface area contributed by atoms with Gasteiger partial charge < -0.3 is 67.1 Å². The topological polar surface area (TPSA) is 410 Å². The van der Waals surface area contributed by atoms with E-state index >= 15 is 0 Å². The largest absolute Gasteiger partial charge is 0.477 e.